The molecule has 0 bridgehead atoms. The highest BCUT2D eigenvalue weighted by molar-refractivity contribution is 6.00. The molecule has 1 fully saturated rings. The number of methoxy groups -OCH3 is 1. The summed E-state index contributed by atoms with van der Waals surface area (Å²) in [5.74, 6) is 0.633. The maximum atomic E-state index is 13.6. The summed E-state index contributed by atoms with van der Waals surface area (Å²) >= 11 is 0. The first-order valence-corrected chi connectivity index (χ1v) is 14.5. The second-order valence-corrected chi connectivity index (χ2v) is 10.4. The molecule has 8 nitrogen and oxygen atoms in total. The second-order valence-electron chi connectivity index (χ2n) is 10.4. The number of benzene rings is 3. The molecule has 0 spiro atoms. The van der Waals surface area contributed by atoms with Gasteiger partial charge in [-0.15, -0.1) is 0 Å². The maximum absolute atomic E-state index is 13.6. The van der Waals surface area contributed by atoms with Gasteiger partial charge < -0.3 is 30.7 Å². The lowest BCUT2D eigenvalue weighted by Crippen LogP contribution is -2.49. The van der Waals surface area contributed by atoms with Gasteiger partial charge in [0.05, 0.1) is 19.3 Å². The van der Waals surface area contributed by atoms with Crippen molar-refractivity contribution in [2.24, 2.45) is 0 Å². The first kappa shape index (κ1) is 30.1. The third-order valence-corrected chi connectivity index (χ3v) is 7.36. The Labute approximate surface area is 243 Å². The van der Waals surface area contributed by atoms with Crippen LogP contribution in [-0.4, -0.2) is 62.4 Å². The highest BCUT2D eigenvalue weighted by atomic mass is 16.5. The van der Waals surface area contributed by atoms with E-state index >= 15 is 0 Å². The van der Waals surface area contributed by atoms with E-state index in [2.05, 4.69) is 28.1 Å². The van der Waals surface area contributed by atoms with Gasteiger partial charge in [-0.2, -0.15) is 0 Å². The summed E-state index contributed by atoms with van der Waals surface area (Å²) in [7, 11) is 1.66. The SMILES string of the molecule is CCNc1cc(C(=O)N[C@@H](Cc2ccccc2)[C@@H](O)CNCCCc2ccc(OC)cc2)cc(N2CCCC2=O)c1. The Morgan fingerprint density at radius 3 is 2.51 bits per heavy atom. The molecule has 1 aliphatic heterocycles. The number of carbonyl (C=O) groups is 2. The number of carbonyl (C=O) groups excluding carboxylic acids is 2. The highest BCUT2D eigenvalue weighted by Crippen LogP contribution is 2.27. The topological polar surface area (TPSA) is 103 Å². The summed E-state index contributed by atoms with van der Waals surface area (Å²) in [4.78, 5) is 27.7. The number of aryl methyl sites for hydroxylation is 1. The lowest BCUT2D eigenvalue weighted by Gasteiger charge is -2.25. The van der Waals surface area contributed by atoms with Gasteiger partial charge in [-0.3, -0.25) is 9.59 Å². The number of anilines is 2. The summed E-state index contributed by atoms with van der Waals surface area (Å²) in [6, 6.07) is 22.9. The van der Waals surface area contributed by atoms with Crippen LogP contribution < -0.4 is 25.6 Å². The summed E-state index contributed by atoms with van der Waals surface area (Å²) < 4.78 is 5.22. The molecule has 0 radical (unpaired) electrons. The quantitative estimate of drug-likeness (QED) is 0.209. The fourth-order valence-corrected chi connectivity index (χ4v) is 5.13. The molecule has 1 heterocycles. The molecule has 8 heteroatoms. The number of ether oxygens (including phenoxy) is 1. The van der Waals surface area contributed by atoms with E-state index in [1.54, 1.807) is 24.1 Å². The van der Waals surface area contributed by atoms with Crippen molar-refractivity contribution in [1.82, 2.24) is 10.6 Å². The summed E-state index contributed by atoms with van der Waals surface area (Å²) in [5.41, 5.74) is 4.22. The molecular formula is C33H42N4O4. The van der Waals surface area contributed by atoms with Gasteiger partial charge in [-0.25, -0.2) is 0 Å². The van der Waals surface area contributed by atoms with Crippen molar-refractivity contribution in [2.75, 3.05) is 43.5 Å². The average molecular weight is 559 g/mol. The van der Waals surface area contributed by atoms with Crippen LogP contribution in [0.1, 0.15) is 47.7 Å². The zero-order valence-corrected chi connectivity index (χ0v) is 24.1. The zero-order valence-electron chi connectivity index (χ0n) is 24.1. The van der Waals surface area contributed by atoms with Crippen molar-refractivity contribution in [3.05, 3.63) is 89.5 Å². The van der Waals surface area contributed by atoms with Crippen molar-refractivity contribution in [2.45, 2.75) is 51.2 Å². The number of nitrogens with zero attached hydrogens (tertiary/aromatic N) is 1. The Morgan fingerprint density at radius 2 is 1.83 bits per heavy atom. The largest absolute Gasteiger partial charge is 0.497 e. The first-order chi connectivity index (χ1) is 20.0. The third-order valence-electron chi connectivity index (χ3n) is 7.36. The van der Waals surface area contributed by atoms with Crippen molar-refractivity contribution in [3.63, 3.8) is 0 Å². The molecule has 0 aromatic heterocycles. The van der Waals surface area contributed by atoms with Crippen LogP contribution in [0.25, 0.3) is 0 Å². The van der Waals surface area contributed by atoms with Gasteiger partial charge >= 0.3 is 0 Å². The molecule has 3 aromatic rings. The first-order valence-electron chi connectivity index (χ1n) is 14.5. The Morgan fingerprint density at radius 1 is 1.05 bits per heavy atom. The minimum atomic E-state index is -0.795. The van der Waals surface area contributed by atoms with Gasteiger partial charge in [0.1, 0.15) is 5.75 Å². The van der Waals surface area contributed by atoms with Crippen LogP contribution in [0.2, 0.25) is 0 Å². The molecule has 1 saturated heterocycles. The van der Waals surface area contributed by atoms with E-state index in [4.69, 9.17) is 4.74 Å². The van der Waals surface area contributed by atoms with Gasteiger partial charge in [0.25, 0.3) is 5.91 Å². The smallest absolute Gasteiger partial charge is 0.251 e. The average Bonchev–Trinajstić information content (AvgIpc) is 3.43. The molecule has 4 N–H and O–H groups in total. The number of aliphatic hydroxyl groups excluding tert-OH is 1. The number of hydrogen-bond donors (Lipinski definition) is 4. The fourth-order valence-electron chi connectivity index (χ4n) is 5.13. The molecule has 2 atom stereocenters. The van der Waals surface area contributed by atoms with Crippen molar-refractivity contribution < 1.29 is 19.4 Å². The van der Waals surface area contributed by atoms with Gasteiger partial charge in [-0.1, -0.05) is 42.5 Å². The maximum Gasteiger partial charge on any atom is 0.251 e. The number of amides is 2. The van der Waals surface area contributed by atoms with Crippen molar-refractivity contribution in [3.8, 4) is 5.75 Å². The highest BCUT2D eigenvalue weighted by Gasteiger charge is 2.25. The molecule has 0 aliphatic carbocycles. The molecular weight excluding hydrogens is 516 g/mol. The van der Waals surface area contributed by atoms with E-state index < -0.39 is 12.1 Å². The third kappa shape index (κ3) is 8.80. The van der Waals surface area contributed by atoms with Gasteiger partial charge in [0, 0.05) is 43.0 Å². The minimum Gasteiger partial charge on any atom is -0.497 e. The van der Waals surface area contributed by atoms with E-state index in [-0.39, 0.29) is 11.8 Å². The summed E-state index contributed by atoms with van der Waals surface area (Å²) in [5, 5.41) is 20.9. The zero-order chi connectivity index (χ0) is 29.0. The predicted molar refractivity (Wildman–Crippen MR) is 164 cm³/mol. The lowest BCUT2D eigenvalue weighted by molar-refractivity contribution is -0.117. The van der Waals surface area contributed by atoms with E-state index in [0.717, 1.165) is 48.5 Å². The number of aliphatic hydroxyl groups is 1. The van der Waals surface area contributed by atoms with Gasteiger partial charge in [0.15, 0.2) is 0 Å². The van der Waals surface area contributed by atoms with Crippen LogP contribution >= 0.6 is 0 Å². The monoisotopic (exact) mass is 558 g/mol. The Kier molecular flexibility index (Phi) is 11.2. The second kappa shape index (κ2) is 15.2. The fraction of sp³-hybridized carbons (Fsp3) is 0.394. The summed E-state index contributed by atoms with van der Waals surface area (Å²) in [6.45, 7) is 4.43. The van der Waals surface area contributed by atoms with E-state index in [1.807, 2.05) is 55.5 Å². The van der Waals surface area contributed by atoms with E-state index in [0.29, 0.717) is 38.0 Å². The van der Waals surface area contributed by atoms with Crippen LogP contribution in [0.15, 0.2) is 72.8 Å². The number of hydrogen-bond acceptors (Lipinski definition) is 6. The van der Waals surface area contributed by atoms with E-state index in [9.17, 15) is 14.7 Å². The Bertz CT molecular complexity index is 1270. The van der Waals surface area contributed by atoms with Crippen molar-refractivity contribution >= 4 is 23.2 Å². The molecule has 1 aliphatic rings. The molecule has 4 rings (SSSR count). The number of rotatable bonds is 15. The molecule has 0 saturated carbocycles. The van der Waals surface area contributed by atoms with Crippen molar-refractivity contribution in [1.29, 1.82) is 0 Å². The molecule has 41 heavy (non-hydrogen) atoms. The lowest BCUT2D eigenvalue weighted by atomic mass is 10.00. The minimum absolute atomic E-state index is 0.0699. The summed E-state index contributed by atoms with van der Waals surface area (Å²) in [6.07, 6.45) is 2.86. The van der Waals surface area contributed by atoms with Crippen LogP contribution in [0, 0.1) is 0 Å². The van der Waals surface area contributed by atoms with E-state index in [1.165, 1.54) is 5.56 Å². The van der Waals surface area contributed by atoms with Crippen LogP contribution in [0.4, 0.5) is 11.4 Å². The van der Waals surface area contributed by atoms with Gasteiger partial charge in [0.2, 0.25) is 5.91 Å². The van der Waals surface area contributed by atoms with Crippen LogP contribution in [0.3, 0.4) is 0 Å². The Hall–Kier alpha value is -3.88. The molecule has 2 amide bonds. The Balaban J connectivity index is 1.40. The molecule has 3 aromatic carbocycles. The molecule has 0 unspecified atom stereocenters. The van der Waals surface area contributed by atoms with Crippen LogP contribution in [-0.2, 0) is 17.6 Å². The molecule has 218 valence electrons. The normalized spacial score (nSPS) is 14.5. The van der Waals surface area contributed by atoms with Crippen LogP contribution in [0.5, 0.6) is 5.75 Å². The predicted octanol–water partition coefficient (Wildman–Crippen LogP) is 4.18. The van der Waals surface area contributed by atoms with Gasteiger partial charge in [-0.05, 0) is 80.6 Å². The standard InChI is InChI=1S/C33H42N4O4/c1-3-35-27-20-26(21-28(22-27)37-18-8-12-32(37)39)33(40)36-30(19-25-9-5-4-6-10-25)31(38)23-34-17-7-11-24-13-15-29(41-2)16-14-24/h4-6,9-10,13-16,20-22,30-31,34-35,38H,3,7-8,11-12,17-19,23H2,1-2H3,(H,36,40)/t30-,31-/m0/s1. The number of nitrogens with one attached hydrogen (secondary N) is 3.